The molecule has 0 aliphatic carbocycles. The van der Waals surface area contributed by atoms with Crippen molar-refractivity contribution in [3.05, 3.63) is 83.7 Å². The van der Waals surface area contributed by atoms with Gasteiger partial charge in [-0.1, -0.05) is 12.1 Å². The number of hydrogen-bond donors (Lipinski definition) is 1. The highest BCUT2D eigenvalue weighted by Gasteiger charge is 2.29. The van der Waals surface area contributed by atoms with Gasteiger partial charge in [0.05, 0.1) is 24.2 Å². The highest BCUT2D eigenvalue weighted by molar-refractivity contribution is 5.98. The van der Waals surface area contributed by atoms with Crippen molar-refractivity contribution in [3.8, 4) is 23.3 Å². The van der Waals surface area contributed by atoms with E-state index in [9.17, 15) is 9.18 Å². The maximum Gasteiger partial charge on any atom is 0.234 e. The second kappa shape index (κ2) is 8.66. The minimum absolute atomic E-state index is 0.212. The van der Waals surface area contributed by atoms with E-state index in [4.69, 9.17) is 14.7 Å². The van der Waals surface area contributed by atoms with Crippen LogP contribution < -0.4 is 14.8 Å². The zero-order valence-electron chi connectivity index (χ0n) is 16.9. The summed E-state index contributed by atoms with van der Waals surface area (Å²) in [5.41, 5.74) is 0.961. The lowest BCUT2D eigenvalue weighted by Crippen LogP contribution is -2.34. The number of amides is 1. The molecule has 0 saturated carbocycles. The molecular weight excluding hydrogens is 383 g/mol. The number of carbonyl (C=O) groups excluding carboxylic acids is 1. The normalized spacial score (nSPS) is 10.8. The van der Waals surface area contributed by atoms with Crippen molar-refractivity contribution in [2.24, 2.45) is 0 Å². The maximum absolute atomic E-state index is 13.2. The van der Waals surface area contributed by atoms with Crippen molar-refractivity contribution in [2.45, 2.75) is 19.3 Å². The molecular formula is C24H21FN2O3. The summed E-state index contributed by atoms with van der Waals surface area (Å²) >= 11 is 0. The summed E-state index contributed by atoms with van der Waals surface area (Å²) < 4.78 is 24.3. The molecule has 0 aromatic heterocycles. The number of benzene rings is 3. The van der Waals surface area contributed by atoms with Crippen LogP contribution in [0.4, 0.5) is 10.1 Å². The Morgan fingerprint density at radius 1 is 1.00 bits per heavy atom. The number of halogens is 1. The van der Waals surface area contributed by atoms with Crippen LogP contribution in [-0.2, 0) is 10.2 Å². The van der Waals surface area contributed by atoms with Gasteiger partial charge in [0.15, 0.2) is 11.5 Å². The minimum atomic E-state index is -0.835. The molecule has 0 unspecified atom stereocenters. The van der Waals surface area contributed by atoms with Crippen LogP contribution in [-0.4, -0.2) is 13.0 Å². The molecule has 5 nitrogen and oxygen atoms in total. The molecule has 0 spiro atoms. The quantitative estimate of drug-likeness (QED) is 0.596. The fourth-order valence-electron chi connectivity index (χ4n) is 2.84. The van der Waals surface area contributed by atoms with Crippen LogP contribution in [0.25, 0.3) is 0 Å². The third kappa shape index (κ3) is 4.58. The van der Waals surface area contributed by atoms with Crippen molar-refractivity contribution in [1.29, 1.82) is 5.26 Å². The summed E-state index contributed by atoms with van der Waals surface area (Å²) in [5.74, 6) is 0.924. The first-order valence-corrected chi connectivity index (χ1v) is 9.27. The first-order valence-electron chi connectivity index (χ1n) is 9.27. The average molecular weight is 404 g/mol. The fourth-order valence-corrected chi connectivity index (χ4v) is 2.84. The van der Waals surface area contributed by atoms with Crippen LogP contribution >= 0.6 is 0 Å². The van der Waals surface area contributed by atoms with Gasteiger partial charge in [0.1, 0.15) is 11.6 Å². The van der Waals surface area contributed by atoms with E-state index in [2.05, 4.69) is 11.4 Å². The molecule has 3 aromatic rings. The zero-order chi connectivity index (χ0) is 21.7. The number of hydrogen-bond acceptors (Lipinski definition) is 4. The number of rotatable bonds is 6. The first-order chi connectivity index (χ1) is 14.3. The minimum Gasteiger partial charge on any atom is -0.493 e. The second-order valence-electron chi connectivity index (χ2n) is 7.19. The predicted molar refractivity (Wildman–Crippen MR) is 112 cm³/mol. The van der Waals surface area contributed by atoms with Crippen LogP contribution in [0.3, 0.4) is 0 Å². The molecule has 152 valence electrons. The number of ether oxygens (including phenoxy) is 2. The predicted octanol–water partition coefficient (Wildman–Crippen LogP) is 5.41. The van der Waals surface area contributed by atoms with Crippen LogP contribution in [0.5, 0.6) is 17.2 Å². The van der Waals surface area contributed by atoms with Crippen molar-refractivity contribution in [2.75, 3.05) is 12.4 Å². The van der Waals surface area contributed by atoms with Crippen molar-refractivity contribution in [3.63, 3.8) is 0 Å². The monoisotopic (exact) mass is 404 g/mol. The van der Waals surface area contributed by atoms with Gasteiger partial charge < -0.3 is 14.8 Å². The number of methoxy groups -OCH3 is 1. The summed E-state index contributed by atoms with van der Waals surface area (Å²) in [5, 5.41) is 11.9. The molecule has 0 saturated heterocycles. The molecule has 3 aromatic carbocycles. The van der Waals surface area contributed by atoms with E-state index in [1.807, 2.05) is 0 Å². The van der Waals surface area contributed by atoms with Gasteiger partial charge in [0.2, 0.25) is 5.91 Å². The maximum atomic E-state index is 13.2. The Labute approximate surface area is 174 Å². The number of nitrogens with one attached hydrogen (secondary N) is 1. The number of nitrogens with zero attached hydrogens (tertiary/aromatic N) is 1. The lowest BCUT2D eigenvalue weighted by atomic mass is 9.83. The Hall–Kier alpha value is -3.85. The van der Waals surface area contributed by atoms with Crippen molar-refractivity contribution in [1.82, 2.24) is 0 Å². The number of anilines is 1. The van der Waals surface area contributed by atoms with E-state index >= 15 is 0 Å². The smallest absolute Gasteiger partial charge is 0.234 e. The van der Waals surface area contributed by atoms with Crippen LogP contribution in [0.1, 0.15) is 25.0 Å². The summed E-state index contributed by atoms with van der Waals surface area (Å²) in [6.45, 7) is 3.56. The van der Waals surface area contributed by atoms with Gasteiger partial charge in [-0.2, -0.15) is 5.26 Å². The summed E-state index contributed by atoms with van der Waals surface area (Å²) in [6.07, 6.45) is 0. The van der Waals surface area contributed by atoms with E-state index in [0.29, 0.717) is 34.1 Å². The number of carbonyl (C=O) groups is 1. The van der Waals surface area contributed by atoms with Gasteiger partial charge in [-0.05, 0) is 67.9 Å². The highest BCUT2D eigenvalue weighted by Crippen LogP contribution is 2.33. The topological polar surface area (TPSA) is 71.3 Å². The zero-order valence-corrected chi connectivity index (χ0v) is 16.9. The second-order valence-corrected chi connectivity index (χ2v) is 7.19. The van der Waals surface area contributed by atoms with E-state index < -0.39 is 5.41 Å². The van der Waals surface area contributed by atoms with Crippen molar-refractivity contribution >= 4 is 11.6 Å². The lowest BCUT2D eigenvalue weighted by molar-refractivity contribution is -0.120. The SMILES string of the molecule is COc1cc(C#N)ccc1Oc1ccc(NC(=O)C(C)(C)c2ccc(F)cc2)cc1. The Balaban J connectivity index is 1.71. The molecule has 0 atom stereocenters. The molecule has 6 heteroatoms. The molecule has 3 rings (SSSR count). The van der Waals surface area contributed by atoms with Gasteiger partial charge in [0.25, 0.3) is 0 Å². The average Bonchev–Trinajstić information content (AvgIpc) is 2.75. The molecule has 1 N–H and O–H groups in total. The highest BCUT2D eigenvalue weighted by atomic mass is 19.1. The standard InChI is InChI=1S/C24H21FN2O3/c1-24(2,17-5-7-18(25)8-6-17)23(28)27-19-9-11-20(12-10-19)30-21-13-4-16(15-26)14-22(21)29-3/h4-14H,1-3H3,(H,27,28). The molecule has 0 aliphatic heterocycles. The molecule has 0 bridgehead atoms. The first kappa shape index (κ1) is 20.9. The van der Waals surface area contributed by atoms with Gasteiger partial charge >= 0.3 is 0 Å². The van der Waals surface area contributed by atoms with E-state index in [0.717, 1.165) is 0 Å². The van der Waals surface area contributed by atoms with Gasteiger partial charge in [-0.15, -0.1) is 0 Å². The summed E-state index contributed by atoms with van der Waals surface area (Å²) in [4.78, 5) is 12.8. The third-order valence-corrected chi connectivity index (χ3v) is 4.77. The summed E-state index contributed by atoms with van der Waals surface area (Å²) in [6, 6.07) is 19.7. The van der Waals surface area contributed by atoms with Crippen molar-refractivity contribution < 1.29 is 18.7 Å². The molecule has 0 fully saturated rings. The molecule has 0 radical (unpaired) electrons. The summed E-state index contributed by atoms with van der Waals surface area (Å²) in [7, 11) is 1.50. The van der Waals surface area contributed by atoms with Gasteiger partial charge in [0, 0.05) is 11.8 Å². The molecule has 0 heterocycles. The van der Waals surface area contributed by atoms with E-state index in [-0.39, 0.29) is 11.7 Å². The Morgan fingerprint density at radius 3 is 2.27 bits per heavy atom. The van der Waals surface area contributed by atoms with Gasteiger partial charge in [-0.3, -0.25) is 4.79 Å². The molecule has 0 aliphatic rings. The Morgan fingerprint density at radius 2 is 1.67 bits per heavy atom. The lowest BCUT2D eigenvalue weighted by Gasteiger charge is -2.24. The number of nitriles is 1. The molecule has 1 amide bonds. The Bertz CT molecular complexity index is 1080. The van der Waals surface area contributed by atoms with Crippen LogP contribution in [0, 0.1) is 17.1 Å². The Kier molecular flexibility index (Phi) is 6.03. The fraction of sp³-hybridized carbons (Fsp3) is 0.167. The van der Waals surface area contributed by atoms with E-state index in [1.54, 1.807) is 68.4 Å². The van der Waals surface area contributed by atoms with E-state index in [1.165, 1.54) is 19.2 Å². The molecule has 30 heavy (non-hydrogen) atoms. The van der Waals surface area contributed by atoms with Crippen LogP contribution in [0.15, 0.2) is 66.7 Å². The van der Waals surface area contributed by atoms with Gasteiger partial charge in [-0.25, -0.2) is 4.39 Å². The largest absolute Gasteiger partial charge is 0.493 e. The van der Waals surface area contributed by atoms with Crippen LogP contribution in [0.2, 0.25) is 0 Å². The third-order valence-electron chi connectivity index (χ3n) is 4.77.